The van der Waals surface area contributed by atoms with Gasteiger partial charge in [0.2, 0.25) is 5.91 Å². The van der Waals surface area contributed by atoms with E-state index >= 15 is 0 Å². The second-order valence-corrected chi connectivity index (χ2v) is 9.29. The molecule has 35 heavy (non-hydrogen) atoms. The average molecular weight is 472 g/mol. The molecular weight excluding hydrogens is 438 g/mol. The fraction of sp³-hybridized carbons (Fsp3) is 0.310. The van der Waals surface area contributed by atoms with Crippen molar-refractivity contribution < 1.29 is 9.53 Å². The van der Waals surface area contributed by atoms with E-state index in [1.807, 2.05) is 36.4 Å². The number of carbonyl (C=O) groups is 1. The number of hydrogen-bond donors (Lipinski definition) is 1. The van der Waals surface area contributed by atoms with Gasteiger partial charge in [-0.05, 0) is 60.2 Å². The maximum absolute atomic E-state index is 12.6. The highest BCUT2D eigenvalue weighted by atomic mass is 16.5. The Labute approximate surface area is 206 Å². The van der Waals surface area contributed by atoms with Crippen LogP contribution in [0.5, 0.6) is 5.75 Å². The number of likely N-dealkylation sites (tertiary alicyclic amines) is 1. The van der Waals surface area contributed by atoms with E-state index in [-0.39, 0.29) is 11.5 Å². The number of aromatic nitrogens is 1. The lowest BCUT2D eigenvalue weighted by Crippen LogP contribution is -2.34. The number of carbonyl (C=O) groups excluding carboxylic acids is 1. The van der Waals surface area contributed by atoms with Gasteiger partial charge in [-0.1, -0.05) is 61.2 Å². The number of benzene rings is 2. The molecule has 1 aliphatic heterocycles. The van der Waals surface area contributed by atoms with Crippen LogP contribution in [0.1, 0.15) is 36.0 Å². The Morgan fingerprint density at radius 3 is 2.37 bits per heavy atom. The molecule has 1 aromatic heterocycles. The molecule has 0 radical (unpaired) electrons. The van der Waals surface area contributed by atoms with Gasteiger partial charge < -0.3 is 15.0 Å². The molecule has 1 aliphatic rings. The van der Waals surface area contributed by atoms with Gasteiger partial charge in [-0.2, -0.15) is 0 Å². The van der Waals surface area contributed by atoms with E-state index in [0.717, 1.165) is 49.2 Å². The lowest BCUT2D eigenvalue weighted by molar-refractivity contribution is -0.119. The summed E-state index contributed by atoms with van der Waals surface area (Å²) >= 11 is 0. The largest absolute Gasteiger partial charge is 0.489 e. The predicted molar refractivity (Wildman–Crippen MR) is 139 cm³/mol. The minimum absolute atomic E-state index is 0.118. The summed E-state index contributed by atoms with van der Waals surface area (Å²) in [6.45, 7) is 7.91. The minimum atomic E-state index is -0.200. The summed E-state index contributed by atoms with van der Waals surface area (Å²) in [4.78, 5) is 26.1. The fourth-order valence-corrected chi connectivity index (χ4v) is 4.49. The third-order valence-corrected chi connectivity index (χ3v) is 6.54. The maximum atomic E-state index is 12.6. The number of amides is 1. The summed E-state index contributed by atoms with van der Waals surface area (Å²) in [5, 5.41) is 0. The van der Waals surface area contributed by atoms with Gasteiger partial charge >= 0.3 is 0 Å². The van der Waals surface area contributed by atoms with Crippen LogP contribution in [-0.2, 0) is 24.5 Å². The Morgan fingerprint density at radius 2 is 1.71 bits per heavy atom. The molecule has 0 unspecified atom stereocenters. The number of piperidine rings is 1. The van der Waals surface area contributed by atoms with Gasteiger partial charge in [0.05, 0.1) is 6.54 Å². The molecule has 182 valence electrons. The first-order chi connectivity index (χ1) is 17.0. The number of ether oxygens (including phenoxy) is 1. The van der Waals surface area contributed by atoms with Crippen LogP contribution in [0, 0.1) is 5.92 Å². The molecule has 1 saturated heterocycles. The smallest absolute Gasteiger partial charge is 0.254 e. The zero-order valence-electron chi connectivity index (χ0n) is 20.1. The Morgan fingerprint density at radius 1 is 1.00 bits per heavy atom. The molecule has 2 heterocycles. The SMILES string of the molecule is C=C(Cn1ccc(OCc2ccccc2)cc1=O)c1ccc(CN2CCC(CC(N)=O)CC2)cc1. The van der Waals surface area contributed by atoms with Crippen molar-refractivity contribution in [1.82, 2.24) is 9.47 Å². The topological polar surface area (TPSA) is 77.6 Å². The van der Waals surface area contributed by atoms with Gasteiger partial charge in [0.1, 0.15) is 12.4 Å². The molecule has 3 aromatic rings. The van der Waals surface area contributed by atoms with Crippen LogP contribution < -0.4 is 16.0 Å². The van der Waals surface area contributed by atoms with E-state index in [2.05, 4.69) is 35.7 Å². The highest BCUT2D eigenvalue weighted by Crippen LogP contribution is 2.22. The Bertz CT molecular complexity index is 1190. The van der Waals surface area contributed by atoms with E-state index in [1.54, 1.807) is 10.8 Å². The molecule has 2 aromatic carbocycles. The van der Waals surface area contributed by atoms with E-state index < -0.39 is 0 Å². The van der Waals surface area contributed by atoms with Crippen LogP contribution in [-0.4, -0.2) is 28.5 Å². The Hall–Kier alpha value is -3.64. The number of nitrogens with zero attached hydrogens (tertiary/aromatic N) is 2. The quantitative estimate of drug-likeness (QED) is 0.480. The van der Waals surface area contributed by atoms with Crippen LogP contribution >= 0.6 is 0 Å². The molecule has 4 rings (SSSR count). The minimum Gasteiger partial charge on any atom is -0.489 e. The van der Waals surface area contributed by atoms with Gasteiger partial charge in [-0.15, -0.1) is 0 Å². The highest BCUT2D eigenvalue weighted by Gasteiger charge is 2.20. The molecule has 0 saturated carbocycles. The van der Waals surface area contributed by atoms with Crippen molar-refractivity contribution in [2.45, 2.75) is 39.0 Å². The van der Waals surface area contributed by atoms with E-state index in [0.29, 0.717) is 31.2 Å². The molecular formula is C29H33N3O3. The van der Waals surface area contributed by atoms with E-state index in [1.165, 1.54) is 11.6 Å². The number of allylic oxidation sites excluding steroid dienone is 1. The standard InChI is InChI=1S/C29H33N3O3/c1-22(19-32-16-13-27(18-29(32)34)35-21-25-5-3-2-4-6-25)26-9-7-24(8-10-26)20-31-14-11-23(12-15-31)17-28(30)33/h2-10,13,16,18,23H,1,11-12,14-15,17,19-21H2,(H2,30,33). The predicted octanol–water partition coefficient (Wildman–Crippen LogP) is 4.23. The summed E-state index contributed by atoms with van der Waals surface area (Å²) in [6.07, 6.45) is 4.28. The number of nitrogens with two attached hydrogens (primary N) is 1. The molecule has 0 aliphatic carbocycles. The van der Waals surface area contributed by atoms with Crippen molar-refractivity contribution in [2.75, 3.05) is 13.1 Å². The molecule has 0 bridgehead atoms. The third-order valence-electron chi connectivity index (χ3n) is 6.54. The second kappa shape index (κ2) is 11.7. The summed E-state index contributed by atoms with van der Waals surface area (Å²) in [5.74, 6) is 0.778. The normalized spacial score (nSPS) is 14.5. The van der Waals surface area contributed by atoms with Crippen LogP contribution in [0.4, 0.5) is 0 Å². The van der Waals surface area contributed by atoms with Crippen LogP contribution in [0.3, 0.4) is 0 Å². The lowest BCUT2D eigenvalue weighted by Gasteiger charge is -2.31. The van der Waals surface area contributed by atoms with E-state index in [9.17, 15) is 9.59 Å². The molecule has 1 fully saturated rings. The van der Waals surface area contributed by atoms with Crippen LogP contribution in [0.25, 0.3) is 5.57 Å². The van der Waals surface area contributed by atoms with E-state index in [4.69, 9.17) is 10.5 Å². The molecule has 0 atom stereocenters. The lowest BCUT2D eigenvalue weighted by atomic mass is 9.93. The Balaban J connectivity index is 1.28. The van der Waals surface area contributed by atoms with Crippen molar-refractivity contribution in [3.63, 3.8) is 0 Å². The first-order valence-corrected chi connectivity index (χ1v) is 12.1. The molecule has 1 amide bonds. The maximum Gasteiger partial charge on any atom is 0.254 e. The van der Waals surface area contributed by atoms with Gasteiger partial charge in [-0.3, -0.25) is 14.5 Å². The van der Waals surface area contributed by atoms with Crippen molar-refractivity contribution in [3.05, 3.63) is 107 Å². The van der Waals surface area contributed by atoms with Gasteiger partial charge in [0.15, 0.2) is 0 Å². The molecule has 0 spiro atoms. The molecule has 6 heteroatoms. The first-order valence-electron chi connectivity index (χ1n) is 12.1. The number of pyridine rings is 1. The first kappa shape index (κ1) is 24.5. The van der Waals surface area contributed by atoms with Crippen molar-refractivity contribution in [1.29, 1.82) is 0 Å². The summed E-state index contributed by atoms with van der Waals surface area (Å²) in [7, 11) is 0. The van der Waals surface area contributed by atoms with Crippen LogP contribution in [0.2, 0.25) is 0 Å². The average Bonchev–Trinajstić information content (AvgIpc) is 2.86. The van der Waals surface area contributed by atoms with Crippen molar-refractivity contribution in [2.24, 2.45) is 11.7 Å². The zero-order valence-corrected chi connectivity index (χ0v) is 20.1. The summed E-state index contributed by atoms with van der Waals surface area (Å²) < 4.78 is 7.40. The Kier molecular flexibility index (Phi) is 8.16. The molecule has 2 N–H and O–H groups in total. The number of hydrogen-bond acceptors (Lipinski definition) is 4. The highest BCUT2D eigenvalue weighted by molar-refractivity contribution is 5.74. The molecule has 6 nitrogen and oxygen atoms in total. The van der Waals surface area contributed by atoms with Crippen molar-refractivity contribution in [3.8, 4) is 5.75 Å². The zero-order chi connectivity index (χ0) is 24.6. The van der Waals surface area contributed by atoms with Gasteiger partial charge in [-0.25, -0.2) is 0 Å². The fourth-order valence-electron chi connectivity index (χ4n) is 4.49. The second-order valence-electron chi connectivity index (χ2n) is 9.29. The summed E-state index contributed by atoms with van der Waals surface area (Å²) in [6, 6.07) is 21.6. The van der Waals surface area contributed by atoms with Crippen LogP contribution in [0.15, 0.2) is 84.3 Å². The van der Waals surface area contributed by atoms with Gasteiger partial charge in [0, 0.05) is 25.2 Å². The monoisotopic (exact) mass is 471 g/mol. The van der Waals surface area contributed by atoms with Crippen molar-refractivity contribution >= 4 is 11.5 Å². The summed E-state index contributed by atoms with van der Waals surface area (Å²) in [5.41, 5.74) is 9.41. The number of primary amides is 1. The van der Waals surface area contributed by atoms with Gasteiger partial charge in [0.25, 0.3) is 5.56 Å². The number of rotatable bonds is 10. The third kappa shape index (κ3) is 7.17.